The molecule has 136 valence electrons. The first-order valence-corrected chi connectivity index (χ1v) is 8.41. The predicted molar refractivity (Wildman–Crippen MR) is 90.7 cm³/mol. The van der Waals surface area contributed by atoms with E-state index in [9.17, 15) is 13.2 Å². The topological polar surface area (TPSA) is 57.9 Å². The van der Waals surface area contributed by atoms with E-state index in [4.69, 9.17) is 10.00 Å². The van der Waals surface area contributed by atoms with Gasteiger partial charge in [0.2, 0.25) is 5.88 Å². The zero-order valence-electron chi connectivity index (χ0n) is 14.0. The predicted octanol–water partition coefficient (Wildman–Crippen LogP) is 4.77. The molecule has 0 aliphatic heterocycles. The molecule has 1 heterocycles. The number of hydrogen-bond acceptors (Lipinski definition) is 4. The molecule has 0 saturated heterocycles. The first kappa shape index (κ1) is 18.1. The molecule has 4 nitrogen and oxygen atoms in total. The lowest BCUT2D eigenvalue weighted by atomic mass is 9.92. The lowest BCUT2D eigenvalue weighted by Crippen LogP contribution is -2.31. The molecule has 26 heavy (non-hydrogen) atoms. The third kappa shape index (κ3) is 4.45. The quantitative estimate of drug-likeness (QED) is 0.852. The fraction of sp³-hybridized carbons (Fsp3) is 0.368. The van der Waals surface area contributed by atoms with Gasteiger partial charge in [0.05, 0.1) is 17.2 Å². The lowest BCUT2D eigenvalue weighted by Gasteiger charge is -2.30. The normalized spacial score (nSPS) is 20.2. The van der Waals surface area contributed by atoms with Gasteiger partial charge in [-0.25, -0.2) is 4.98 Å². The third-order valence-electron chi connectivity index (χ3n) is 4.42. The average molecular weight is 361 g/mol. The number of halogens is 3. The zero-order valence-corrected chi connectivity index (χ0v) is 14.0. The minimum absolute atomic E-state index is 0.0645. The summed E-state index contributed by atoms with van der Waals surface area (Å²) in [7, 11) is 0. The van der Waals surface area contributed by atoms with Crippen LogP contribution in [0.15, 0.2) is 42.6 Å². The summed E-state index contributed by atoms with van der Waals surface area (Å²) in [6.45, 7) is 0. The van der Waals surface area contributed by atoms with Gasteiger partial charge in [-0.1, -0.05) is 6.07 Å². The van der Waals surface area contributed by atoms with E-state index in [1.807, 2.05) is 12.1 Å². The Balaban J connectivity index is 1.59. The van der Waals surface area contributed by atoms with Crippen LogP contribution in [0.1, 0.15) is 36.8 Å². The molecule has 0 spiro atoms. The van der Waals surface area contributed by atoms with E-state index >= 15 is 0 Å². The Kier molecular flexibility index (Phi) is 5.31. The van der Waals surface area contributed by atoms with Gasteiger partial charge in [0.25, 0.3) is 0 Å². The highest BCUT2D eigenvalue weighted by atomic mass is 19.4. The Morgan fingerprint density at radius 3 is 2.50 bits per heavy atom. The standard InChI is InChI=1S/C19H18F3N3O/c20-19(21,22)17-11-15(5-4-13(17)12-23)25-14-6-8-16(9-7-14)26-18-3-1-2-10-24-18/h1-5,10-11,14,16,25H,6-9H2/t14-,16-. The Bertz CT molecular complexity index is 779. The Hall–Kier alpha value is -2.75. The Labute approximate surface area is 149 Å². The van der Waals surface area contributed by atoms with Crippen molar-refractivity contribution in [2.75, 3.05) is 5.32 Å². The summed E-state index contributed by atoms with van der Waals surface area (Å²) in [5.41, 5.74) is -0.891. The molecule has 1 aliphatic carbocycles. The van der Waals surface area contributed by atoms with Crippen LogP contribution in [0.3, 0.4) is 0 Å². The Morgan fingerprint density at radius 2 is 1.88 bits per heavy atom. The van der Waals surface area contributed by atoms with Crippen LogP contribution in [-0.2, 0) is 6.18 Å². The minimum Gasteiger partial charge on any atom is -0.474 e. The number of nitrogens with one attached hydrogen (secondary N) is 1. The van der Waals surface area contributed by atoms with E-state index in [1.54, 1.807) is 18.3 Å². The van der Waals surface area contributed by atoms with Gasteiger partial charge in [-0.05, 0) is 49.9 Å². The van der Waals surface area contributed by atoms with Gasteiger partial charge < -0.3 is 10.1 Å². The smallest absolute Gasteiger partial charge is 0.417 e. The summed E-state index contributed by atoms with van der Waals surface area (Å²) in [6, 6.07) is 10.9. The average Bonchev–Trinajstić information content (AvgIpc) is 2.63. The second-order valence-corrected chi connectivity index (χ2v) is 6.27. The van der Waals surface area contributed by atoms with Crippen molar-refractivity contribution >= 4 is 5.69 Å². The summed E-state index contributed by atoms with van der Waals surface area (Å²) in [5, 5.41) is 12.0. The molecule has 1 fully saturated rings. The van der Waals surface area contributed by atoms with E-state index in [0.29, 0.717) is 11.6 Å². The molecule has 0 radical (unpaired) electrons. The summed E-state index contributed by atoms with van der Waals surface area (Å²) < 4.78 is 45.0. The highest BCUT2D eigenvalue weighted by Crippen LogP contribution is 2.34. The van der Waals surface area contributed by atoms with Gasteiger partial charge in [-0.3, -0.25) is 0 Å². The van der Waals surface area contributed by atoms with E-state index in [1.165, 1.54) is 12.1 Å². The highest BCUT2D eigenvalue weighted by molar-refractivity contribution is 5.53. The molecule has 1 saturated carbocycles. The van der Waals surface area contributed by atoms with Crippen molar-refractivity contribution in [1.29, 1.82) is 5.26 Å². The van der Waals surface area contributed by atoms with E-state index in [0.717, 1.165) is 31.7 Å². The largest absolute Gasteiger partial charge is 0.474 e. The summed E-state index contributed by atoms with van der Waals surface area (Å²) >= 11 is 0. The van der Waals surface area contributed by atoms with Crippen LogP contribution >= 0.6 is 0 Å². The van der Waals surface area contributed by atoms with Crippen molar-refractivity contribution in [2.24, 2.45) is 0 Å². The highest BCUT2D eigenvalue weighted by Gasteiger charge is 2.34. The molecular weight excluding hydrogens is 343 g/mol. The number of pyridine rings is 1. The molecular formula is C19H18F3N3O. The molecule has 3 rings (SSSR count). The van der Waals surface area contributed by atoms with Gasteiger partial charge in [-0.2, -0.15) is 18.4 Å². The molecule has 1 N–H and O–H groups in total. The molecule has 1 aromatic carbocycles. The SMILES string of the molecule is N#Cc1ccc(N[C@H]2CC[C@H](Oc3ccccn3)CC2)cc1C(F)(F)F. The van der Waals surface area contributed by atoms with Crippen LogP contribution in [-0.4, -0.2) is 17.1 Å². The minimum atomic E-state index is -4.54. The van der Waals surface area contributed by atoms with E-state index in [2.05, 4.69) is 10.3 Å². The third-order valence-corrected chi connectivity index (χ3v) is 4.42. The summed E-state index contributed by atoms with van der Waals surface area (Å²) in [4.78, 5) is 4.14. The molecule has 0 amide bonds. The van der Waals surface area contributed by atoms with Crippen LogP contribution < -0.4 is 10.1 Å². The summed E-state index contributed by atoms with van der Waals surface area (Å²) in [5.74, 6) is 0.589. The van der Waals surface area contributed by atoms with Gasteiger partial charge in [0, 0.05) is 24.0 Å². The van der Waals surface area contributed by atoms with Crippen molar-refractivity contribution in [2.45, 2.75) is 44.0 Å². The molecule has 1 aromatic heterocycles. The van der Waals surface area contributed by atoms with Crippen LogP contribution in [0.2, 0.25) is 0 Å². The van der Waals surface area contributed by atoms with Crippen molar-refractivity contribution in [3.63, 3.8) is 0 Å². The molecule has 0 unspecified atom stereocenters. The maximum Gasteiger partial charge on any atom is 0.417 e. The van der Waals surface area contributed by atoms with Gasteiger partial charge in [0.15, 0.2) is 0 Å². The number of hydrogen-bond donors (Lipinski definition) is 1. The van der Waals surface area contributed by atoms with Gasteiger partial charge in [-0.15, -0.1) is 0 Å². The van der Waals surface area contributed by atoms with Crippen LogP contribution in [0.25, 0.3) is 0 Å². The van der Waals surface area contributed by atoms with Gasteiger partial charge >= 0.3 is 6.18 Å². The maximum absolute atomic E-state index is 13.1. The molecule has 0 atom stereocenters. The van der Waals surface area contributed by atoms with Crippen LogP contribution in [0.5, 0.6) is 5.88 Å². The number of rotatable bonds is 4. The molecule has 7 heteroatoms. The number of alkyl halides is 3. The van der Waals surface area contributed by atoms with Crippen LogP contribution in [0, 0.1) is 11.3 Å². The number of benzene rings is 1. The number of aromatic nitrogens is 1. The Morgan fingerprint density at radius 1 is 1.12 bits per heavy atom. The van der Waals surface area contributed by atoms with Crippen molar-refractivity contribution in [3.8, 4) is 11.9 Å². The molecule has 1 aliphatic rings. The molecule has 0 bridgehead atoms. The fourth-order valence-electron chi connectivity index (χ4n) is 3.11. The lowest BCUT2D eigenvalue weighted by molar-refractivity contribution is -0.137. The van der Waals surface area contributed by atoms with Crippen molar-refractivity contribution in [1.82, 2.24) is 4.98 Å². The second kappa shape index (κ2) is 7.65. The zero-order chi connectivity index (χ0) is 18.6. The monoisotopic (exact) mass is 361 g/mol. The number of nitriles is 1. The van der Waals surface area contributed by atoms with Crippen molar-refractivity contribution in [3.05, 3.63) is 53.7 Å². The number of nitrogens with zero attached hydrogens (tertiary/aromatic N) is 2. The summed E-state index contributed by atoms with van der Waals surface area (Å²) in [6.07, 6.45) is 0.378. The first-order chi connectivity index (χ1) is 12.5. The van der Waals surface area contributed by atoms with Gasteiger partial charge in [0.1, 0.15) is 6.10 Å². The number of ether oxygens (including phenoxy) is 1. The van der Waals surface area contributed by atoms with E-state index < -0.39 is 11.7 Å². The second-order valence-electron chi connectivity index (χ2n) is 6.27. The van der Waals surface area contributed by atoms with Crippen molar-refractivity contribution < 1.29 is 17.9 Å². The first-order valence-electron chi connectivity index (χ1n) is 8.41. The maximum atomic E-state index is 13.1. The van der Waals surface area contributed by atoms with E-state index in [-0.39, 0.29) is 17.7 Å². The van der Waals surface area contributed by atoms with Crippen LogP contribution in [0.4, 0.5) is 18.9 Å². The number of anilines is 1. The molecule has 2 aromatic rings. The fourth-order valence-corrected chi connectivity index (χ4v) is 3.11.